The summed E-state index contributed by atoms with van der Waals surface area (Å²) in [7, 11) is 0. The van der Waals surface area contributed by atoms with Crippen molar-refractivity contribution >= 4 is 34.0 Å². The predicted octanol–water partition coefficient (Wildman–Crippen LogP) is 6.23. The SMILES string of the molecule is CC1CCCCN1CCNCc1cc2c(C(F)(F)F)nn(-c3ccc(F)cc3)c2nc1OCc1ncc(Cl)s1. The fourth-order valence-electron chi connectivity index (χ4n) is 4.71. The van der Waals surface area contributed by atoms with Crippen molar-refractivity contribution in [3.8, 4) is 11.6 Å². The summed E-state index contributed by atoms with van der Waals surface area (Å²) in [5.41, 5.74) is -0.424. The monoisotopic (exact) mass is 582 g/mol. The minimum atomic E-state index is -4.72. The van der Waals surface area contributed by atoms with E-state index in [-0.39, 0.29) is 35.8 Å². The highest BCUT2D eigenvalue weighted by atomic mass is 35.5. The number of fused-ring (bicyclic) bond motifs is 1. The van der Waals surface area contributed by atoms with Gasteiger partial charge in [-0.05, 0) is 56.6 Å². The lowest BCUT2D eigenvalue weighted by atomic mass is 10.0. The van der Waals surface area contributed by atoms with E-state index in [4.69, 9.17) is 16.3 Å². The van der Waals surface area contributed by atoms with E-state index in [9.17, 15) is 17.6 Å². The van der Waals surface area contributed by atoms with Crippen LogP contribution in [0, 0.1) is 5.82 Å². The summed E-state index contributed by atoms with van der Waals surface area (Å²) >= 11 is 7.22. The number of piperidine rings is 1. The smallest absolute Gasteiger partial charge is 0.435 e. The number of benzene rings is 1. The summed E-state index contributed by atoms with van der Waals surface area (Å²) in [6, 6.07) is 6.92. The zero-order valence-corrected chi connectivity index (χ0v) is 22.7. The lowest BCUT2D eigenvalue weighted by Crippen LogP contribution is -2.41. The number of likely N-dealkylation sites (tertiary alicyclic amines) is 1. The van der Waals surface area contributed by atoms with Gasteiger partial charge in [0, 0.05) is 31.2 Å². The molecule has 1 unspecified atom stereocenters. The van der Waals surface area contributed by atoms with E-state index < -0.39 is 17.7 Å². The van der Waals surface area contributed by atoms with Crippen molar-refractivity contribution in [2.24, 2.45) is 0 Å². The first-order valence-electron chi connectivity index (χ1n) is 12.6. The first-order chi connectivity index (χ1) is 18.7. The molecule has 3 aromatic heterocycles. The second kappa shape index (κ2) is 11.7. The van der Waals surface area contributed by atoms with Crippen LogP contribution in [0.1, 0.15) is 42.5 Å². The number of thiazole rings is 1. The van der Waals surface area contributed by atoms with Crippen LogP contribution in [-0.2, 0) is 19.3 Å². The molecule has 0 spiro atoms. The first-order valence-corrected chi connectivity index (χ1v) is 13.8. The molecule has 1 aliphatic heterocycles. The number of aromatic nitrogens is 4. The number of rotatable bonds is 9. The second-order valence-electron chi connectivity index (χ2n) is 9.46. The van der Waals surface area contributed by atoms with Gasteiger partial charge in [0.15, 0.2) is 11.3 Å². The Balaban J connectivity index is 1.47. The van der Waals surface area contributed by atoms with Crippen molar-refractivity contribution in [1.82, 2.24) is 30.0 Å². The lowest BCUT2D eigenvalue weighted by Gasteiger charge is -2.33. The maximum atomic E-state index is 14.0. The summed E-state index contributed by atoms with van der Waals surface area (Å²) in [5, 5.41) is 7.59. The van der Waals surface area contributed by atoms with Crippen LogP contribution in [0.3, 0.4) is 0 Å². The quantitative estimate of drug-likeness (QED) is 0.186. The van der Waals surface area contributed by atoms with Gasteiger partial charge in [0.1, 0.15) is 21.8 Å². The van der Waals surface area contributed by atoms with Crippen molar-refractivity contribution < 1.29 is 22.3 Å². The van der Waals surface area contributed by atoms with Gasteiger partial charge in [-0.2, -0.15) is 23.3 Å². The molecular weight excluding hydrogens is 556 g/mol. The number of alkyl halides is 3. The van der Waals surface area contributed by atoms with Crippen LogP contribution >= 0.6 is 22.9 Å². The Morgan fingerprint density at radius 3 is 2.69 bits per heavy atom. The molecule has 1 saturated heterocycles. The van der Waals surface area contributed by atoms with Gasteiger partial charge in [0.2, 0.25) is 5.88 Å². The maximum Gasteiger partial charge on any atom is 0.435 e. The molecule has 0 amide bonds. The van der Waals surface area contributed by atoms with Gasteiger partial charge in [-0.3, -0.25) is 4.90 Å². The van der Waals surface area contributed by atoms with Crippen molar-refractivity contribution in [2.75, 3.05) is 19.6 Å². The molecule has 1 fully saturated rings. The molecule has 4 heterocycles. The maximum absolute atomic E-state index is 14.0. The highest BCUT2D eigenvalue weighted by Gasteiger charge is 2.38. The highest BCUT2D eigenvalue weighted by molar-refractivity contribution is 7.15. The van der Waals surface area contributed by atoms with E-state index in [1.54, 1.807) is 0 Å². The molecule has 13 heteroatoms. The summed E-state index contributed by atoms with van der Waals surface area (Å²) < 4.78 is 63.1. The zero-order valence-electron chi connectivity index (χ0n) is 21.1. The number of hydrogen-bond acceptors (Lipinski definition) is 7. The minimum Gasteiger partial charge on any atom is -0.470 e. The average molecular weight is 583 g/mol. The van der Waals surface area contributed by atoms with Crippen molar-refractivity contribution in [2.45, 2.75) is 51.6 Å². The molecule has 1 aliphatic rings. The minimum absolute atomic E-state index is 0.0466. The Kier molecular flexibility index (Phi) is 8.36. The first kappa shape index (κ1) is 27.8. The van der Waals surface area contributed by atoms with Gasteiger partial charge >= 0.3 is 6.18 Å². The molecule has 4 aromatic rings. The molecule has 7 nitrogen and oxygen atoms in total. The standard InChI is InChI=1S/C26H27ClF4N6OS/c1-16-4-2-3-10-36(16)11-9-32-13-17-12-20-23(26(29,30)31)35-37(19-7-5-18(28)6-8-19)24(20)34-25(17)38-15-22-33-14-21(27)39-22/h5-8,12,14,16,32H,2-4,9-11,13,15H2,1H3. The second-order valence-corrected chi connectivity index (χ2v) is 11.2. The van der Waals surface area contributed by atoms with Crippen LogP contribution in [0.5, 0.6) is 5.88 Å². The third-order valence-electron chi connectivity index (χ3n) is 6.73. The molecule has 5 rings (SSSR count). The third-order valence-corrected chi connectivity index (χ3v) is 7.81. The van der Waals surface area contributed by atoms with Crippen molar-refractivity contribution in [3.63, 3.8) is 0 Å². The normalized spacial score (nSPS) is 16.7. The molecule has 0 saturated carbocycles. The fourth-order valence-corrected chi connectivity index (χ4v) is 5.58. The van der Waals surface area contributed by atoms with Crippen LogP contribution in [0.2, 0.25) is 4.34 Å². The summed E-state index contributed by atoms with van der Waals surface area (Å²) in [6.45, 7) is 5.04. The van der Waals surface area contributed by atoms with Crippen LogP contribution in [0.15, 0.2) is 36.5 Å². The number of nitrogens with zero attached hydrogens (tertiary/aromatic N) is 5. The predicted molar refractivity (Wildman–Crippen MR) is 142 cm³/mol. The van der Waals surface area contributed by atoms with Crippen molar-refractivity contribution in [3.05, 3.63) is 62.9 Å². The molecule has 0 bridgehead atoms. The van der Waals surface area contributed by atoms with Gasteiger partial charge in [-0.25, -0.2) is 14.1 Å². The van der Waals surface area contributed by atoms with Crippen LogP contribution in [0.25, 0.3) is 16.7 Å². The van der Waals surface area contributed by atoms with Gasteiger partial charge < -0.3 is 10.1 Å². The number of hydrogen-bond donors (Lipinski definition) is 1. The van der Waals surface area contributed by atoms with E-state index in [0.29, 0.717) is 27.5 Å². The zero-order chi connectivity index (χ0) is 27.6. The number of ether oxygens (including phenoxy) is 1. The Morgan fingerprint density at radius 2 is 2.00 bits per heavy atom. The molecule has 0 aliphatic carbocycles. The third kappa shape index (κ3) is 6.51. The van der Waals surface area contributed by atoms with E-state index in [1.165, 1.54) is 48.6 Å². The topological polar surface area (TPSA) is 68.1 Å². The summed E-state index contributed by atoms with van der Waals surface area (Å²) in [6.07, 6.45) is 0.347. The molecule has 1 aromatic carbocycles. The molecule has 1 N–H and O–H groups in total. The Morgan fingerprint density at radius 1 is 1.21 bits per heavy atom. The van der Waals surface area contributed by atoms with E-state index in [2.05, 4.69) is 32.2 Å². The van der Waals surface area contributed by atoms with Crippen molar-refractivity contribution in [1.29, 1.82) is 0 Å². The van der Waals surface area contributed by atoms with Crippen LogP contribution in [0.4, 0.5) is 17.6 Å². The highest BCUT2D eigenvalue weighted by Crippen LogP contribution is 2.36. The lowest BCUT2D eigenvalue weighted by molar-refractivity contribution is -0.140. The summed E-state index contributed by atoms with van der Waals surface area (Å²) in [5.74, 6) is -0.359. The molecule has 39 heavy (non-hydrogen) atoms. The van der Waals surface area contributed by atoms with E-state index in [1.807, 2.05) is 0 Å². The van der Waals surface area contributed by atoms with Crippen LogP contribution < -0.4 is 10.1 Å². The molecule has 208 valence electrons. The summed E-state index contributed by atoms with van der Waals surface area (Å²) in [4.78, 5) is 11.1. The average Bonchev–Trinajstić information content (AvgIpc) is 3.49. The largest absolute Gasteiger partial charge is 0.470 e. The fraction of sp³-hybridized carbons (Fsp3) is 0.423. The van der Waals surface area contributed by atoms with Gasteiger partial charge in [-0.1, -0.05) is 18.0 Å². The molecule has 1 atom stereocenters. The van der Waals surface area contributed by atoms with E-state index in [0.717, 1.165) is 36.3 Å². The number of pyridine rings is 1. The van der Waals surface area contributed by atoms with Crippen LogP contribution in [-0.4, -0.2) is 50.3 Å². The van der Waals surface area contributed by atoms with Gasteiger partial charge in [-0.15, -0.1) is 11.3 Å². The van der Waals surface area contributed by atoms with E-state index >= 15 is 0 Å². The molecule has 0 radical (unpaired) electrons. The number of nitrogens with one attached hydrogen (secondary N) is 1. The Hall–Kier alpha value is -2.80. The number of halogens is 5. The molecular formula is C26H27ClF4N6OS. The Bertz CT molecular complexity index is 1420. The Labute approximate surface area is 231 Å². The van der Waals surface area contributed by atoms with Gasteiger partial charge in [0.25, 0.3) is 0 Å². The van der Waals surface area contributed by atoms with Gasteiger partial charge in [0.05, 0.1) is 17.3 Å².